The Labute approximate surface area is 138 Å². The number of nitrogens with zero attached hydrogens (tertiary/aromatic N) is 2. The number of benzene rings is 1. The maximum Gasteiger partial charge on any atom is 0.223 e. The molecule has 1 saturated heterocycles. The smallest absolute Gasteiger partial charge is 0.223 e. The molecule has 0 unspecified atom stereocenters. The van der Waals surface area contributed by atoms with Crippen molar-refractivity contribution in [2.24, 2.45) is 5.73 Å². The van der Waals surface area contributed by atoms with E-state index in [2.05, 4.69) is 12.1 Å². The Hall–Kier alpha value is -1.88. The Morgan fingerprint density at radius 2 is 1.78 bits per heavy atom. The predicted octanol–water partition coefficient (Wildman–Crippen LogP) is 1.59. The van der Waals surface area contributed by atoms with Gasteiger partial charge in [-0.15, -0.1) is 0 Å². The van der Waals surface area contributed by atoms with E-state index in [0.29, 0.717) is 26.2 Å². The molecule has 2 N–H and O–H groups in total. The van der Waals surface area contributed by atoms with Gasteiger partial charge in [0.25, 0.3) is 0 Å². The zero-order valence-corrected chi connectivity index (χ0v) is 14.1. The molecule has 0 aliphatic carbocycles. The Morgan fingerprint density at radius 3 is 2.39 bits per heavy atom. The van der Waals surface area contributed by atoms with Crippen LogP contribution < -0.4 is 5.73 Å². The third kappa shape index (κ3) is 4.32. The average molecular weight is 317 g/mol. The number of amides is 2. The third-order valence-corrected chi connectivity index (χ3v) is 4.61. The van der Waals surface area contributed by atoms with Crippen molar-refractivity contribution in [1.29, 1.82) is 0 Å². The van der Waals surface area contributed by atoms with E-state index in [1.54, 1.807) is 9.80 Å². The molecule has 5 nitrogen and oxygen atoms in total. The normalized spacial score (nSPS) is 20.6. The van der Waals surface area contributed by atoms with Gasteiger partial charge in [0.05, 0.1) is 0 Å². The molecule has 0 saturated carbocycles. The van der Waals surface area contributed by atoms with Crippen molar-refractivity contribution in [3.05, 3.63) is 35.9 Å². The monoisotopic (exact) mass is 317 g/mol. The average Bonchev–Trinajstić information content (AvgIpc) is 2.96. The van der Waals surface area contributed by atoms with Crippen LogP contribution in [0.25, 0.3) is 0 Å². The summed E-state index contributed by atoms with van der Waals surface area (Å²) in [7, 11) is 0. The summed E-state index contributed by atoms with van der Waals surface area (Å²) in [5.74, 6) is 0.254. The lowest BCUT2D eigenvalue weighted by molar-refractivity contribution is -0.136. The molecular formula is C18H27N3O2. The maximum absolute atomic E-state index is 12.4. The lowest BCUT2D eigenvalue weighted by Crippen LogP contribution is -2.34. The van der Waals surface area contributed by atoms with Crippen LogP contribution in [0.3, 0.4) is 0 Å². The second-order valence-electron chi connectivity index (χ2n) is 6.05. The van der Waals surface area contributed by atoms with Gasteiger partial charge in [-0.3, -0.25) is 9.59 Å². The molecule has 0 aromatic heterocycles. The van der Waals surface area contributed by atoms with Crippen molar-refractivity contribution in [3.8, 4) is 0 Å². The minimum atomic E-state index is -0.0418. The molecule has 1 aliphatic heterocycles. The number of carbonyl (C=O) groups is 2. The second kappa shape index (κ2) is 8.11. The van der Waals surface area contributed by atoms with E-state index in [1.807, 2.05) is 32.0 Å². The lowest BCUT2D eigenvalue weighted by Gasteiger charge is -2.20. The predicted molar refractivity (Wildman–Crippen MR) is 90.9 cm³/mol. The molecule has 0 bridgehead atoms. The minimum Gasteiger partial charge on any atom is -0.343 e. The minimum absolute atomic E-state index is 0.0272. The zero-order chi connectivity index (χ0) is 16.8. The molecule has 0 radical (unpaired) electrons. The zero-order valence-electron chi connectivity index (χ0n) is 14.1. The molecule has 2 atom stereocenters. The van der Waals surface area contributed by atoms with Gasteiger partial charge < -0.3 is 15.5 Å². The van der Waals surface area contributed by atoms with Gasteiger partial charge >= 0.3 is 0 Å². The van der Waals surface area contributed by atoms with Crippen LogP contribution in [0.2, 0.25) is 0 Å². The molecule has 126 valence electrons. The fourth-order valence-electron chi connectivity index (χ4n) is 3.19. The van der Waals surface area contributed by atoms with Gasteiger partial charge in [-0.25, -0.2) is 0 Å². The van der Waals surface area contributed by atoms with E-state index in [0.717, 1.165) is 0 Å². The van der Waals surface area contributed by atoms with Crippen LogP contribution >= 0.6 is 0 Å². The molecule has 1 aromatic carbocycles. The van der Waals surface area contributed by atoms with Crippen molar-refractivity contribution in [1.82, 2.24) is 9.80 Å². The summed E-state index contributed by atoms with van der Waals surface area (Å²) in [4.78, 5) is 27.9. The number of rotatable bonds is 6. The van der Waals surface area contributed by atoms with Crippen molar-refractivity contribution < 1.29 is 9.59 Å². The first-order valence-corrected chi connectivity index (χ1v) is 8.42. The molecule has 2 amide bonds. The molecule has 1 fully saturated rings. The third-order valence-electron chi connectivity index (χ3n) is 4.61. The summed E-state index contributed by atoms with van der Waals surface area (Å²) >= 11 is 0. The number of likely N-dealkylation sites (tertiary alicyclic amines) is 1. The standard InChI is InChI=1S/C18H27N3O2/c1-3-20(4-2)17(22)10-11-18(23)21-12-15(16(19)13-21)14-8-6-5-7-9-14/h5-9,15-16H,3-4,10-13,19H2,1-2H3/t15-,16+/m0/s1. The van der Waals surface area contributed by atoms with Crippen molar-refractivity contribution in [2.75, 3.05) is 26.2 Å². The van der Waals surface area contributed by atoms with E-state index in [1.165, 1.54) is 5.56 Å². The Kier molecular flexibility index (Phi) is 6.16. The van der Waals surface area contributed by atoms with Crippen LogP contribution in [-0.2, 0) is 9.59 Å². The molecule has 2 rings (SSSR count). The lowest BCUT2D eigenvalue weighted by atomic mass is 9.95. The van der Waals surface area contributed by atoms with E-state index in [-0.39, 0.29) is 36.6 Å². The topological polar surface area (TPSA) is 66.6 Å². The Balaban J connectivity index is 1.88. The Bertz CT molecular complexity index is 528. The Morgan fingerprint density at radius 1 is 1.13 bits per heavy atom. The molecule has 0 spiro atoms. The van der Waals surface area contributed by atoms with Gasteiger partial charge in [-0.05, 0) is 19.4 Å². The van der Waals surface area contributed by atoms with Crippen LogP contribution in [0, 0.1) is 0 Å². The van der Waals surface area contributed by atoms with Gasteiger partial charge in [-0.1, -0.05) is 30.3 Å². The van der Waals surface area contributed by atoms with Gasteiger partial charge in [0, 0.05) is 51.0 Å². The summed E-state index contributed by atoms with van der Waals surface area (Å²) in [5, 5.41) is 0. The van der Waals surface area contributed by atoms with Crippen LogP contribution in [0.1, 0.15) is 38.2 Å². The largest absolute Gasteiger partial charge is 0.343 e. The highest BCUT2D eigenvalue weighted by molar-refractivity contribution is 5.84. The van der Waals surface area contributed by atoms with Crippen LogP contribution in [0.4, 0.5) is 0 Å². The second-order valence-corrected chi connectivity index (χ2v) is 6.05. The molecule has 1 heterocycles. The summed E-state index contributed by atoms with van der Waals surface area (Å²) in [6, 6.07) is 10.0. The van der Waals surface area contributed by atoms with Crippen LogP contribution in [0.15, 0.2) is 30.3 Å². The van der Waals surface area contributed by atoms with E-state index in [4.69, 9.17) is 5.73 Å². The van der Waals surface area contributed by atoms with Crippen molar-refractivity contribution in [3.63, 3.8) is 0 Å². The molecule has 1 aromatic rings. The highest BCUT2D eigenvalue weighted by Gasteiger charge is 2.33. The molecule has 5 heteroatoms. The first kappa shape index (κ1) is 17.5. The number of nitrogens with two attached hydrogens (primary N) is 1. The van der Waals surface area contributed by atoms with Gasteiger partial charge in [0.15, 0.2) is 0 Å². The quantitative estimate of drug-likeness (QED) is 0.866. The van der Waals surface area contributed by atoms with E-state index in [9.17, 15) is 9.59 Å². The molecule has 23 heavy (non-hydrogen) atoms. The van der Waals surface area contributed by atoms with Crippen molar-refractivity contribution in [2.45, 2.75) is 38.6 Å². The number of hydrogen-bond donors (Lipinski definition) is 1. The van der Waals surface area contributed by atoms with Crippen LogP contribution in [-0.4, -0.2) is 53.8 Å². The summed E-state index contributed by atoms with van der Waals surface area (Å²) < 4.78 is 0. The first-order valence-electron chi connectivity index (χ1n) is 8.42. The summed E-state index contributed by atoms with van der Waals surface area (Å²) in [6.07, 6.45) is 0.547. The number of carbonyl (C=O) groups excluding carboxylic acids is 2. The summed E-state index contributed by atoms with van der Waals surface area (Å²) in [6.45, 7) is 6.49. The fourth-order valence-corrected chi connectivity index (χ4v) is 3.19. The fraction of sp³-hybridized carbons (Fsp3) is 0.556. The number of hydrogen-bond acceptors (Lipinski definition) is 3. The van der Waals surface area contributed by atoms with Gasteiger partial charge in [-0.2, -0.15) is 0 Å². The highest BCUT2D eigenvalue weighted by atomic mass is 16.2. The van der Waals surface area contributed by atoms with Gasteiger partial charge in [0.1, 0.15) is 0 Å². The van der Waals surface area contributed by atoms with E-state index < -0.39 is 0 Å². The van der Waals surface area contributed by atoms with E-state index >= 15 is 0 Å². The van der Waals surface area contributed by atoms with Gasteiger partial charge in [0.2, 0.25) is 11.8 Å². The molecule has 1 aliphatic rings. The van der Waals surface area contributed by atoms with Crippen LogP contribution in [0.5, 0.6) is 0 Å². The van der Waals surface area contributed by atoms with Crippen molar-refractivity contribution >= 4 is 11.8 Å². The molecular weight excluding hydrogens is 290 g/mol. The first-order chi connectivity index (χ1) is 11.1. The SMILES string of the molecule is CCN(CC)C(=O)CCC(=O)N1C[C@@H](N)[C@H](c2ccccc2)C1. The summed E-state index contributed by atoms with van der Waals surface area (Å²) in [5.41, 5.74) is 7.39. The highest BCUT2D eigenvalue weighted by Crippen LogP contribution is 2.26. The maximum atomic E-state index is 12.4.